The maximum Gasteiger partial charge on any atom is 0.275 e. The van der Waals surface area contributed by atoms with E-state index in [1.165, 1.54) is 19.3 Å². The third-order valence-corrected chi connectivity index (χ3v) is 2.78. The summed E-state index contributed by atoms with van der Waals surface area (Å²) < 4.78 is 0. The van der Waals surface area contributed by atoms with E-state index in [0.29, 0.717) is 17.2 Å². The van der Waals surface area contributed by atoms with Gasteiger partial charge in [0.05, 0.1) is 12.4 Å². The zero-order valence-electron chi connectivity index (χ0n) is 13.3. The fraction of sp³-hybridized carbons (Fsp3) is 0.250. The molecule has 0 bridgehead atoms. The van der Waals surface area contributed by atoms with Crippen molar-refractivity contribution in [2.75, 3.05) is 16.0 Å². The van der Waals surface area contributed by atoms with E-state index in [4.69, 9.17) is 0 Å². The highest BCUT2D eigenvalue weighted by Crippen LogP contribution is 2.14. The molecule has 0 saturated carbocycles. The molecule has 1 heterocycles. The third kappa shape index (κ3) is 5.06. The van der Waals surface area contributed by atoms with Crippen LogP contribution in [0, 0.1) is 0 Å². The second kappa shape index (κ2) is 7.35. The van der Waals surface area contributed by atoms with Gasteiger partial charge in [0, 0.05) is 24.3 Å². The van der Waals surface area contributed by atoms with E-state index in [-0.39, 0.29) is 23.6 Å². The molecule has 23 heavy (non-hydrogen) atoms. The predicted octanol–water partition coefficient (Wildman–Crippen LogP) is 2.51. The van der Waals surface area contributed by atoms with Gasteiger partial charge < -0.3 is 16.0 Å². The van der Waals surface area contributed by atoms with Crippen LogP contribution < -0.4 is 16.0 Å². The Morgan fingerprint density at radius 2 is 1.57 bits per heavy atom. The van der Waals surface area contributed by atoms with Crippen molar-refractivity contribution >= 4 is 29.0 Å². The second-order valence-electron chi connectivity index (χ2n) is 5.30. The van der Waals surface area contributed by atoms with Crippen LogP contribution in [-0.4, -0.2) is 27.8 Å². The van der Waals surface area contributed by atoms with Gasteiger partial charge >= 0.3 is 0 Å². The van der Waals surface area contributed by atoms with Crippen molar-refractivity contribution in [3.05, 3.63) is 42.4 Å². The molecule has 120 valence electrons. The Morgan fingerprint density at radius 3 is 2.04 bits per heavy atom. The highest BCUT2D eigenvalue weighted by Gasteiger charge is 2.09. The number of aromatic nitrogens is 2. The van der Waals surface area contributed by atoms with E-state index < -0.39 is 0 Å². The van der Waals surface area contributed by atoms with Gasteiger partial charge in [-0.05, 0) is 38.1 Å². The molecule has 2 amide bonds. The number of nitrogens with zero attached hydrogens (tertiary/aromatic N) is 2. The van der Waals surface area contributed by atoms with Crippen LogP contribution in [-0.2, 0) is 4.79 Å². The van der Waals surface area contributed by atoms with Gasteiger partial charge in [0.25, 0.3) is 5.91 Å². The van der Waals surface area contributed by atoms with E-state index in [1.54, 1.807) is 24.3 Å². The fourth-order valence-corrected chi connectivity index (χ4v) is 1.85. The summed E-state index contributed by atoms with van der Waals surface area (Å²) in [6.07, 6.45) is 2.94. The quantitative estimate of drug-likeness (QED) is 0.788. The number of hydrogen-bond donors (Lipinski definition) is 3. The Hall–Kier alpha value is -2.96. The average molecular weight is 313 g/mol. The van der Waals surface area contributed by atoms with E-state index >= 15 is 0 Å². The van der Waals surface area contributed by atoms with Crippen molar-refractivity contribution in [3.63, 3.8) is 0 Å². The van der Waals surface area contributed by atoms with E-state index in [1.807, 2.05) is 13.8 Å². The molecule has 0 aliphatic heterocycles. The summed E-state index contributed by atoms with van der Waals surface area (Å²) in [5.41, 5.74) is 1.50. The molecule has 0 unspecified atom stereocenters. The molecule has 2 rings (SSSR count). The summed E-state index contributed by atoms with van der Waals surface area (Å²) in [7, 11) is 0. The van der Waals surface area contributed by atoms with Crippen molar-refractivity contribution < 1.29 is 9.59 Å². The maximum atomic E-state index is 12.1. The lowest BCUT2D eigenvalue weighted by Crippen LogP contribution is -2.16. The first-order chi connectivity index (χ1) is 10.9. The van der Waals surface area contributed by atoms with Crippen LogP contribution in [0.1, 0.15) is 31.3 Å². The number of carbonyl (C=O) groups is 2. The van der Waals surface area contributed by atoms with Gasteiger partial charge in [-0.25, -0.2) is 9.97 Å². The smallest absolute Gasteiger partial charge is 0.275 e. The zero-order valence-corrected chi connectivity index (χ0v) is 13.3. The zero-order chi connectivity index (χ0) is 16.8. The molecule has 1 aromatic carbocycles. The molecule has 0 spiro atoms. The van der Waals surface area contributed by atoms with Gasteiger partial charge in [0.2, 0.25) is 5.91 Å². The van der Waals surface area contributed by atoms with Crippen LogP contribution in [0.2, 0.25) is 0 Å². The predicted molar refractivity (Wildman–Crippen MR) is 89.5 cm³/mol. The molecule has 0 saturated heterocycles. The minimum absolute atomic E-state index is 0.146. The standard InChI is InChI=1S/C16H19N5O2/c1-10(2)19-15-9-17-14(8-18-15)16(23)21-13-6-4-12(5-7-13)20-11(3)22/h4-10H,1-3H3,(H,18,19)(H,20,22)(H,21,23). The first kappa shape index (κ1) is 16.4. The summed E-state index contributed by atoms with van der Waals surface area (Å²) in [5, 5.41) is 8.48. The molecule has 7 heteroatoms. The summed E-state index contributed by atoms with van der Waals surface area (Å²) in [5.74, 6) is 0.129. The minimum atomic E-state index is -0.346. The molecule has 0 aliphatic rings. The number of carbonyl (C=O) groups excluding carboxylic acids is 2. The average Bonchev–Trinajstić information content (AvgIpc) is 2.49. The van der Waals surface area contributed by atoms with Crippen molar-refractivity contribution in [1.82, 2.24) is 9.97 Å². The third-order valence-electron chi connectivity index (χ3n) is 2.78. The highest BCUT2D eigenvalue weighted by atomic mass is 16.2. The molecular weight excluding hydrogens is 294 g/mol. The molecule has 3 N–H and O–H groups in total. The number of rotatable bonds is 5. The number of anilines is 3. The van der Waals surface area contributed by atoms with Crippen LogP contribution in [0.15, 0.2) is 36.7 Å². The number of hydrogen-bond acceptors (Lipinski definition) is 5. The first-order valence-corrected chi connectivity index (χ1v) is 7.21. The lowest BCUT2D eigenvalue weighted by atomic mass is 10.2. The van der Waals surface area contributed by atoms with Crippen LogP contribution >= 0.6 is 0 Å². The van der Waals surface area contributed by atoms with Gasteiger partial charge in [-0.2, -0.15) is 0 Å². The molecule has 7 nitrogen and oxygen atoms in total. The molecule has 0 radical (unpaired) electrons. The van der Waals surface area contributed by atoms with Gasteiger partial charge in [0.15, 0.2) is 0 Å². The Bertz CT molecular complexity index is 681. The molecule has 0 fully saturated rings. The fourth-order valence-electron chi connectivity index (χ4n) is 1.85. The summed E-state index contributed by atoms with van der Waals surface area (Å²) in [4.78, 5) is 31.3. The van der Waals surface area contributed by atoms with Crippen molar-refractivity contribution in [2.45, 2.75) is 26.8 Å². The summed E-state index contributed by atoms with van der Waals surface area (Å²) in [6.45, 7) is 5.42. The van der Waals surface area contributed by atoms with Gasteiger partial charge in [-0.15, -0.1) is 0 Å². The summed E-state index contributed by atoms with van der Waals surface area (Å²) >= 11 is 0. The Labute approximate surface area is 134 Å². The SMILES string of the molecule is CC(=O)Nc1ccc(NC(=O)c2cnc(NC(C)C)cn2)cc1. The number of amides is 2. The van der Waals surface area contributed by atoms with Crippen LogP contribution in [0.5, 0.6) is 0 Å². The van der Waals surface area contributed by atoms with E-state index in [0.717, 1.165) is 0 Å². The normalized spacial score (nSPS) is 10.3. The Balaban J connectivity index is 1.99. The summed E-state index contributed by atoms with van der Waals surface area (Å²) in [6, 6.07) is 7.05. The molecule has 2 aromatic rings. The highest BCUT2D eigenvalue weighted by molar-refractivity contribution is 6.02. The first-order valence-electron chi connectivity index (χ1n) is 7.21. The van der Waals surface area contributed by atoms with E-state index in [2.05, 4.69) is 25.9 Å². The Kier molecular flexibility index (Phi) is 5.24. The molecule has 0 atom stereocenters. The molecular formula is C16H19N5O2. The van der Waals surface area contributed by atoms with E-state index in [9.17, 15) is 9.59 Å². The van der Waals surface area contributed by atoms with Crippen molar-refractivity contribution in [1.29, 1.82) is 0 Å². The molecule has 0 aliphatic carbocycles. The van der Waals surface area contributed by atoms with Gasteiger partial charge in [0.1, 0.15) is 11.5 Å². The van der Waals surface area contributed by atoms with Crippen LogP contribution in [0.3, 0.4) is 0 Å². The van der Waals surface area contributed by atoms with Gasteiger partial charge in [-0.1, -0.05) is 0 Å². The lowest BCUT2D eigenvalue weighted by molar-refractivity contribution is -0.114. The van der Waals surface area contributed by atoms with Crippen LogP contribution in [0.4, 0.5) is 17.2 Å². The van der Waals surface area contributed by atoms with Crippen molar-refractivity contribution in [2.24, 2.45) is 0 Å². The molecule has 1 aromatic heterocycles. The monoisotopic (exact) mass is 313 g/mol. The number of benzene rings is 1. The number of nitrogens with one attached hydrogen (secondary N) is 3. The second-order valence-corrected chi connectivity index (χ2v) is 5.30. The maximum absolute atomic E-state index is 12.1. The Morgan fingerprint density at radius 1 is 0.957 bits per heavy atom. The van der Waals surface area contributed by atoms with Crippen LogP contribution in [0.25, 0.3) is 0 Å². The largest absolute Gasteiger partial charge is 0.367 e. The van der Waals surface area contributed by atoms with Crippen molar-refractivity contribution in [3.8, 4) is 0 Å². The lowest BCUT2D eigenvalue weighted by Gasteiger charge is -2.09. The van der Waals surface area contributed by atoms with Gasteiger partial charge in [-0.3, -0.25) is 9.59 Å². The minimum Gasteiger partial charge on any atom is -0.367 e. The topological polar surface area (TPSA) is 96.0 Å².